The van der Waals surface area contributed by atoms with E-state index in [-0.39, 0.29) is 5.96 Å². The summed E-state index contributed by atoms with van der Waals surface area (Å²) < 4.78 is 2.29. The smallest absolute Gasteiger partial charge is 0.211 e. The summed E-state index contributed by atoms with van der Waals surface area (Å²) in [5.41, 5.74) is 15.5. The first-order valence-corrected chi connectivity index (χ1v) is 7.12. The molecule has 0 radical (unpaired) electrons. The highest BCUT2D eigenvalue weighted by molar-refractivity contribution is 6.02. The molecule has 21 heavy (non-hydrogen) atoms. The maximum Gasteiger partial charge on any atom is 0.211 e. The molecule has 0 unspecified atom stereocenters. The van der Waals surface area contributed by atoms with Crippen molar-refractivity contribution in [3.63, 3.8) is 0 Å². The molecule has 108 valence electrons. The van der Waals surface area contributed by atoms with Gasteiger partial charge in [0.15, 0.2) is 0 Å². The lowest BCUT2D eigenvalue weighted by molar-refractivity contribution is 0.703. The van der Waals surface area contributed by atoms with E-state index in [9.17, 15) is 0 Å². The normalized spacial score (nSPS) is 15.7. The summed E-state index contributed by atoms with van der Waals surface area (Å²) >= 11 is 0. The Morgan fingerprint density at radius 2 is 1.90 bits per heavy atom. The van der Waals surface area contributed by atoms with Crippen LogP contribution in [0, 0.1) is 0 Å². The van der Waals surface area contributed by atoms with Gasteiger partial charge in [0.2, 0.25) is 5.96 Å². The summed E-state index contributed by atoms with van der Waals surface area (Å²) in [7, 11) is 0. The SMILES string of the molecule is NC(N)=N/N=C1/CCCc2c1ccn2Cc1ccccc1. The number of nitrogens with zero attached hydrogens (tertiary/aromatic N) is 3. The van der Waals surface area contributed by atoms with Crippen LogP contribution in [0.2, 0.25) is 0 Å². The fraction of sp³-hybridized carbons (Fsp3) is 0.250. The average molecular weight is 281 g/mol. The van der Waals surface area contributed by atoms with E-state index in [0.717, 1.165) is 31.5 Å². The van der Waals surface area contributed by atoms with Gasteiger partial charge in [-0.3, -0.25) is 0 Å². The first-order valence-electron chi connectivity index (χ1n) is 7.12. The van der Waals surface area contributed by atoms with Gasteiger partial charge in [0, 0.05) is 24.0 Å². The molecule has 5 heteroatoms. The monoisotopic (exact) mass is 281 g/mol. The van der Waals surface area contributed by atoms with E-state index in [1.165, 1.54) is 16.8 Å². The first-order chi connectivity index (χ1) is 10.2. The van der Waals surface area contributed by atoms with Gasteiger partial charge in [0.25, 0.3) is 0 Å². The lowest BCUT2D eigenvalue weighted by Crippen LogP contribution is -2.22. The molecule has 1 heterocycles. The van der Waals surface area contributed by atoms with Crippen LogP contribution in [-0.4, -0.2) is 16.2 Å². The third-order valence-electron chi connectivity index (χ3n) is 3.70. The Morgan fingerprint density at radius 3 is 2.67 bits per heavy atom. The van der Waals surface area contributed by atoms with E-state index in [1.54, 1.807) is 0 Å². The van der Waals surface area contributed by atoms with Gasteiger partial charge in [0.05, 0.1) is 5.71 Å². The molecule has 0 aliphatic heterocycles. The minimum absolute atomic E-state index is 0.00154. The molecule has 0 amide bonds. The number of hydrogen-bond donors (Lipinski definition) is 2. The van der Waals surface area contributed by atoms with Crippen LogP contribution in [0.1, 0.15) is 29.7 Å². The summed E-state index contributed by atoms with van der Waals surface area (Å²) in [6.45, 7) is 0.881. The highest BCUT2D eigenvalue weighted by atomic mass is 15.3. The minimum atomic E-state index is -0.00154. The lowest BCUT2D eigenvalue weighted by atomic mass is 9.96. The van der Waals surface area contributed by atoms with Gasteiger partial charge < -0.3 is 16.0 Å². The minimum Gasteiger partial charge on any atom is -0.369 e. The zero-order valence-corrected chi connectivity index (χ0v) is 11.9. The maximum absolute atomic E-state index is 5.35. The van der Waals surface area contributed by atoms with E-state index in [1.807, 2.05) is 6.07 Å². The highest BCUT2D eigenvalue weighted by Crippen LogP contribution is 2.24. The van der Waals surface area contributed by atoms with Crippen molar-refractivity contribution in [1.29, 1.82) is 0 Å². The summed E-state index contributed by atoms with van der Waals surface area (Å²) in [6.07, 6.45) is 5.17. The molecule has 0 atom stereocenters. The van der Waals surface area contributed by atoms with Crippen LogP contribution in [0.4, 0.5) is 0 Å². The Hall–Kier alpha value is -2.56. The van der Waals surface area contributed by atoms with Gasteiger partial charge >= 0.3 is 0 Å². The molecule has 5 nitrogen and oxygen atoms in total. The van der Waals surface area contributed by atoms with Crippen LogP contribution in [0.25, 0.3) is 0 Å². The lowest BCUT2D eigenvalue weighted by Gasteiger charge is -2.17. The second-order valence-corrected chi connectivity index (χ2v) is 5.21. The molecule has 0 saturated carbocycles. The van der Waals surface area contributed by atoms with Crippen molar-refractivity contribution < 1.29 is 0 Å². The van der Waals surface area contributed by atoms with Crippen molar-refractivity contribution in [3.05, 3.63) is 59.4 Å². The van der Waals surface area contributed by atoms with Crippen LogP contribution >= 0.6 is 0 Å². The number of fused-ring (bicyclic) bond motifs is 1. The number of benzene rings is 1. The zero-order chi connectivity index (χ0) is 14.7. The van der Waals surface area contributed by atoms with E-state index in [4.69, 9.17) is 11.5 Å². The van der Waals surface area contributed by atoms with E-state index in [2.05, 4.69) is 51.3 Å². The van der Waals surface area contributed by atoms with Crippen molar-refractivity contribution in [2.75, 3.05) is 0 Å². The van der Waals surface area contributed by atoms with Gasteiger partial charge in [0.1, 0.15) is 0 Å². The Labute approximate surface area is 124 Å². The molecule has 2 aromatic rings. The first kappa shape index (κ1) is 13.4. The van der Waals surface area contributed by atoms with Gasteiger partial charge in [-0.05, 0) is 30.9 Å². The molecule has 0 bridgehead atoms. The molecule has 3 rings (SSSR count). The van der Waals surface area contributed by atoms with Crippen LogP contribution in [0.15, 0.2) is 52.8 Å². The molecule has 1 aromatic carbocycles. The van der Waals surface area contributed by atoms with Crippen LogP contribution in [-0.2, 0) is 13.0 Å². The van der Waals surface area contributed by atoms with Gasteiger partial charge in [-0.15, -0.1) is 5.10 Å². The van der Waals surface area contributed by atoms with Gasteiger partial charge in [-0.25, -0.2) is 0 Å². The molecule has 4 N–H and O–H groups in total. The number of rotatable bonds is 3. The molecule has 1 aliphatic carbocycles. The third-order valence-corrected chi connectivity index (χ3v) is 3.70. The summed E-state index contributed by atoms with van der Waals surface area (Å²) in [5.74, 6) is -0.00154. The Kier molecular flexibility index (Phi) is 3.73. The van der Waals surface area contributed by atoms with Crippen LogP contribution < -0.4 is 11.5 Å². The molecular formula is C16H19N5. The quantitative estimate of drug-likeness (QED) is 0.511. The average Bonchev–Trinajstić information content (AvgIpc) is 2.90. The zero-order valence-electron chi connectivity index (χ0n) is 11.9. The van der Waals surface area contributed by atoms with Crippen molar-refractivity contribution in [2.45, 2.75) is 25.8 Å². The van der Waals surface area contributed by atoms with E-state index >= 15 is 0 Å². The van der Waals surface area contributed by atoms with E-state index < -0.39 is 0 Å². The molecule has 1 aliphatic rings. The molecule has 0 spiro atoms. The van der Waals surface area contributed by atoms with Crippen molar-refractivity contribution in [1.82, 2.24) is 4.57 Å². The number of guanidine groups is 1. The van der Waals surface area contributed by atoms with Crippen molar-refractivity contribution in [2.24, 2.45) is 21.7 Å². The topological polar surface area (TPSA) is 81.7 Å². The van der Waals surface area contributed by atoms with Gasteiger partial charge in [-0.1, -0.05) is 30.3 Å². The Morgan fingerprint density at radius 1 is 1.10 bits per heavy atom. The third kappa shape index (κ3) is 2.97. The number of nitrogens with two attached hydrogens (primary N) is 2. The fourth-order valence-electron chi connectivity index (χ4n) is 2.75. The second-order valence-electron chi connectivity index (χ2n) is 5.21. The van der Waals surface area contributed by atoms with Crippen LogP contribution in [0.3, 0.4) is 0 Å². The standard InChI is InChI=1S/C16H19N5/c17-16(18)20-19-14-7-4-8-15-13(14)9-10-21(15)11-12-5-2-1-3-6-12/h1-3,5-6,9-10H,4,7-8,11H2,(H4,17,18,20)/b19-14-. The van der Waals surface area contributed by atoms with Gasteiger partial charge in [-0.2, -0.15) is 5.10 Å². The highest BCUT2D eigenvalue weighted by Gasteiger charge is 2.19. The van der Waals surface area contributed by atoms with Crippen LogP contribution in [0.5, 0.6) is 0 Å². The molecule has 0 saturated heterocycles. The summed E-state index contributed by atoms with van der Waals surface area (Å²) in [4.78, 5) is 0. The molecular weight excluding hydrogens is 262 g/mol. The number of aromatic nitrogens is 1. The van der Waals surface area contributed by atoms with Crippen molar-refractivity contribution in [3.8, 4) is 0 Å². The predicted octanol–water partition coefficient (Wildman–Crippen LogP) is 1.85. The molecule has 0 fully saturated rings. The Bertz CT molecular complexity index is 678. The second kappa shape index (κ2) is 5.83. The summed E-state index contributed by atoms with van der Waals surface area (Å²) in [6, 6.07) is 12.6. The Balaban J connectivity index is 1.90. The number of hydrogen-bond acceptors (Lipinski definition) is 2. The largest absolute Gasteiger partial charge is 0.369 e. The van der Waals surface area contributed by atoms with Crippen molar-refractivity contribution >= 4 is 11.7 Å². The summed E-state index contributed by atoms with van der Waals surface area (Å²) in [5, 5.41) is 7.98. The fourth-order valence-corrected chi connectivity index (χ4v) is 2.75. The predicted molar refractivity (Wildman–Crippen MR) is 85.3 cm³/mol. The maximum atomic E-state index is 5.35. The molecule has 1 aromatic heterocycles. The van der Waals surface area contributed by atoms with E-state index in [0.29, 0.717) is 0 Å².